The van der Waals surface area contributed by atoms with Gasteiger partial charge >= 0.3 is 5.97 Å². The van der Waals surface area contributed by atoms with Crippen LogP contribution in [-0.4, -0.2) is 63.2 Å². The molecule has 0 saturated heterocycles. The molecule has 0 aromatic heterocycles. The molecule has 0 radical (unpaired) electrons. The molecule has 4 fully saturated rings. The fourth-order valence-electron chi connectivity index (χ4n) is 8.68. The standard InChI is InChI=1S/C32H51NO6S/c1-8-30(6)16-25(31(7)19(4)11-13-32(20(5)28(30)37)14-12-22(34)27(31)32)39-26(36)17-40-24-10-9-21(15-23(24)35)33-29(38)18(2)3/h8,18-21,23-25,27-28,35,37H,1,9-17H2,2-7H3,(H,33,38)/t19?,20-,21+,23+,24+,25+,27-,28-,30+,31-,32?/m0/s1. The van der Waals surface area contributed by atoms with E-state index in [1.807, 2.05) is 26.8 Å². The molecule has 40 heavy (non-hydrogen) atoms. The third-order valence-corrected chi connectivity index (χ3v) is 13.0. The Hall–Kier alpha value is -1.38. The first-order valence-electron chi connectivity index (χ1n) is 15.3. The second kappa shape index (κ2) is 11.7. The highest BCUT2D eigenvalue weighted by atomic mass is 32.2. The van der Waals surface area contributed by atoms with Crippen molar-refractivity contribution in [3.8, 4) is 0 Å². The lowest BCUT2D eigenvalue weighted by Crippen LogP contribution is -2.63. The van der Waals surface area contributed by atoms with Crippen LogP contribution in [0.5, 0.6) is 0 Å². The maximum Gasteiger partial charge on any atom is 0.316 e. The number of aliphatic hydroxyl groups is 2. The zero-order chi connectivity index (χ0) is 29.6. The van der Waals surface area contributed by atoms with Crippen molar-refractivity contribution in [1.82, 2.24) is 5.32 Å². The molecular weight excluding hydrogens is 526 g/mol. The Morgan fingerprint density at radius 1 is 1.18 bits per heavy atom. The zero-order valence-corrected chi connectivity index (χ0v) is 26.1. The first kappa shape index (κ1) is 31.6. The minimum atomic E-state index is -0.687. The summed E-state index contributed by atoms with van der Waals surface area (Å²) in [7, 11) is 0. The average molecular weight is 578 g/mol. The van der Waals surface area contributed by atoms with Crippen LogP contribution < -0.4 is 5.32 Å². The minimum absolute atomic E-state index is 0.00711. The van der Waals surface area contributed by atoms with Gasteiger partial charge in [0.25, 0.3) is 0 Å². The number of nitrogens with one attached hydrogen (secondary N) is 1. The first-order chi connectivity index (χ1) is 18.7. The smallest absolute Gasteiger partial charge is 0.316 e. The Balaban J connectivity index is 1.50. The first-order valence-corrected chi connectivity index (χ1v) is 16.4. The molecule has 226 valence electrons. The summed E-state index contributed by atoms with van der Waals surface area (Å²) in [6.45, 7) is 16.2. The van der Waals surface area contributed by atoms with Gasteiger partial charge in [0.15, 0.2) is 0 Å². The molecule has 3 N–H and O–H groups in total. The Morgan fingerprint density at radius 2 is 1.88 bits per heavy atom. The van der Waals surface area contributed by atoms with E-state index in [4.69, 9.17) is 4.74 Å². The van der Waals surface area contributed by atoms with E-state index < -0.39 is 29.1 Å². The molecular formula is C32H51NO6S. The number of carbonyl (C=O) groups is 3. The van der Waals surface area contributed by atoms with Gasteiger partial charge in [-0.15, -0.1) is 18.3 Å². The van der Waals surface area contributed by atoms with Crippen molar-refractivity contribution in [2.24, 2.45) is 39.9 Å². The van der Waals surface area contributed by atoms with Crippen LogP contribution in [0, 0.1) is 39.9 Å². The molecule has 0 heterocycles. The SMILES string of the molecule is C=C[C@]1(C)C[C@@H](OC(=O)CS[C@@H]2CC[C@@H](NC(=O)C(C)C)C[C@H]2O)[C@]2(C)C(C)CCC3(CCC(=O)[C@H]32)[C@@H](C)[C@@H]1O. The largest absolute Gasteiger partial charge is 0.461 e. The third kappa shape index (κ3) is 5.42. The normalized spacial score (nSPS) is 45.3. The molecule has 0 aromatic rings. The molecule has 7 nitrogen and oxygen atoms in total. The lowest BCUT2D eigenvalue weighted by Gasteiger charge is -2.61. The highest BCUT2D eigenvalue weighted by Crippen LogP contribution is 2.68. The van der Waals surface area contributed by atoms with Gasteiger partial charge in [-0.3, -0.25) is 14.4 Å². The third-order valence-electron chi connectivity index (χ3n) is 11.6. The zero-order valence-electron chi connectivity index (χ0n) is 25.3. The Morgan fingerprint density at radius 3 is 2.50 bits per heavy atom. The number of rotatable bonds is 7. The van der Waals surface area contributed by atoms with Crippen LogP contribution in [0.1, 0.15) is 92.9 Å². The Kier molecular flexibility index (Phi) is 9.24. The van der Waals surface area contributed by atoms with E-state index in [1.165, 1.54) is 11.8 Å². The number of esters is 1. The predicted octanol–water partition coefficient (Wildman–Crippen LogP) is 4.68. The fraction of sp³-hybridized carbons (Fsp3) is 0.844. The molecule has 0 aliphatic heterocycles. The van der Waals surface area contributed by atoms with Crippen LogP contribution in [0.3, 0.4) is 0 Å². The summed E-state index contributed by atoms with van der Waals surface area (Å²) in [5, 5.41) is 25.4. The molecule has 2 unspecified atom stereocenters. The molecule has 0 aromatic carbocycles. The number of ketones is 1. The van der Waals surface area contributed by atoms with E-state index in [9.17, 15) is 24.6 Å². The number of carbonyl (C=O) groups excluding carboxylic acids is 3. The van der Waals surface area contributed by atoms with Gasteiger partial charge in [-0.2, -0.15) is 0 Å². The van der Waals surface area contributed by atoms with Gasteiger partial charge in [-0.1, -0.05) is 47.6 Å². The molecule has 4 aliphatic rings. The van der Waals surface area contributed by atoms with Crippen LogP contribution in [0.2, 0.25) is 0 Å². The van der Waals surface area contributed by atoms with E-state index in [0.29, 0.717) is 25.7 Å². The number of ether oxygens (including phenoxy) is 1. The summed E-state index contributed by atoms with van der Waals surface area (Å²) in [5.74, 6) is -0.214. The van der Waals surface area contributed by atoms with Gasteiger partial charge in [-0.05, 0) is 62.2 Å². The quantitative estimate of drug-likeness (QED) is 0.297. The molecule has 1 amide bonds. The topological polar surface area (TPSA) is 113 Å². The fourth-order valence-corrected chi connectivity index (χ4v) is 9.74. The highest BCUT2D eigenvalue weighted by molar-refractivity contribution is 8.00. The van der Waals surface area contributed by atoms with Crippen LogP contribution in [0.25, 0.3) is 0 Å². The number of thioether (sulfide) groups is 1. The molecule has 8 heteroatoms. The van der Waals surface area contributed by atoms with E-state index >= 15 is 0 Å². The van der Waals surface area contributed by atoms with Crippen molar-refractivity contribution < 1.29 is 29.3 Å². The second-order valence-corrected chi connectivity index (χ2v) is 15.4. The number of hydrogen-bond acceptors (Lipinski definition) is 7. The van der Waals surface area contributed by atoms with Gasteiger partial charge in [0.1, 0.15) is 11.9 Å². The van der Waals surface area contributed by atoms with Crippen molar-refractivity contribution in [3.63, 3.8) is 0 Å². The van der Waals surface area contributed by atoms with E-state index in [2.05, 4.69) is 32.7 Å². The summed E-state index contributed by atoms with van der Waals surface area (Å²) >= 11 is 1.41. The summed E-state index contributed by atoms with van der Waals surface area (Å²) in [4.78, 5) is 39.0. The van der Waals surface area contributed by atoms with Crippen LogP contribution in [-0.2, 0) is 19.1 Å². The number of amides is 1. The van der Waals surface area contributed by atoms with Gasteiger partial charge in [-0.25, -0.2) is 0 Å². The predicted molar refractivity (Wildman–Crippen MR) is 158 cm³/mol. The Bertz CT molecular complexity index is 1000. The maximum atomic E-state index is 13.5. The highest BCUT2D eigenvalue weighted by Gasteiger charge is 2.68. The van der Waals surface area contributed by atoms with Gasteiger partial charge in [0.2, 0.25) is 5.91 Å². The average Bonchev–Trinajstić information content (AvgIpc) is 3.26. The molecule has 4 rings (SSSR count). The van der Waals surface area contributed by atoms with E-state index in [0.717, 1.165) is 25.7 Å². The van der Waals surface area contributed by atoms with E-state index in [-0.39, 0.29) is 63.8 Å². The number of hydrogen-bond donors (Lipinski definition) is 3. The molecule has 11 atom stereocenters. The molecule has 4 saturated carbocycles. The maximum absolute atomic E-state index is 13.5. The molecule has 4 aliphatic carbocycles. The molecule has 2 bridgehead atoms. The van der Waals surface area contributed by atoms with Crippen molar-refractivity contribution in [2.45, 2.75) is 123 Å². The minimum Gasteiger partial charge on any atom is -0.461 e. The summed E-state index contributed by atoms with van der Waals surface area (Å²) in [6, 6.07) is -0.0500. The summed E-state index contributed by atoms with van der Waals surface area (Å²) in [6.07, 6.45) is 5.49. The van der Waals surface area contributed by atoms with Crippen molar-refractivity contribution in [1.29, 1.82) is 0 Å². The van der Waals surface area contributed by atoms with Crippen molar-refractivity contribution in [2.75, 3.05) is 5.75 Å². The summed E-state index contributed by atoms with van der Waals surface area (Å²) in [5.41, 5.74) is -1.49. The second-order valence-electron chi connectivity index (χ2n) is 14.2. The molecule has 0 spiro atoms. The van der Waals surface area contributed by atoms with Gasteiger partial charge in [0.05, 0.1) is 18.0 Å². The van der Waals surface area contributed by atoms with Gasteiger partial charge < -0.3 is 20.3 Å². The van der Waals surface area contributed by atoms with Crippen molar-refractivity contribution in [3.05, 3.63) is 12.7 Å². The number of aliphatic hydroxyl groups excluding tert-OH is 2. The van der Waals surface area contributed by atoms with Crippen LogP contribution in [0.15, 0.2) is 12.7 Å². The lowest BCUT2D eigenvalue weighted by molar-refractivity contribution is -0.205. The van der Waals surface area contributed by atoms with Crippen LogP contribution in [0.4, 0.5) is 0 Å². The van der Waals surface area contributed by atoms with Crippen molar-refractivity contribution >= 4 is 29.4 Å². The van der Waals surface area contributed by atoms with Crippen LogP contribution >= 0.6 is 11.8 Å². The number of Topliss-reactive ketones (excluding diaryl/α,β-unsaturated/α-hetero) is 1. The monoisotopic (exact) mass is 577 g/mol. The lowest BCUT2D eigenvalue weighted by atomic mass is 9.44. The summed E-state index contributed by atoms with van der Waals surface area (Å²) < 4.78 is 6.34. The van der Waals surface area contributed by atoms with Gasteiger partial charge in [0, 0.05) is 40.4 Å². The van der Waals surface area contributed by atoms with E-state index in [1.54, 1.807) is 0 Å². The Labute approximate surface area is 244 Å².